The van der Waals surface area contributed by atoms with Crippen molar-refractivity contribution in [1.82, 2.24) is 0 Å². The van der Waals surface area contributed by atoms with Crippen molar-refractivity contribution in [3.63, 3.8) is 0 Å². The lowest BCUT2D eigenvalue weighted by Gasteiger charge is -2.10. The minimum atomic E-state index is 0.153. The van der Waals surface area contributed by atoms with Gasteiger partial charge >= 0.3 is 0 Å². The monoisotopic (exact) mass is 219 g/mol. The number of hydrogen-bond donors (Lipinski definition) is 1. The molecule has 0 rings (SSSR count). The van der Waals surface area contributed by atoms with E-state index in [1.165, 1.54) is 6.42 Å². The molecule has 0 aliphatic carbocycles. The maximum atomic E-state index is 5.44. The molecule has 0 aromatic carbocycles. The second-order valence-corrected chi connectivity index (χ2v) is 3.82. The van der Waals surface area contributed by atoms with Gasteiger partial charge in [0.15, 0.2) is 0 Å². The summed E-state index contributed by atoms with van der Waals surface area (Å²) in [6.07, 6.45) is 2.28. The largest absolute Gasteiger partial charge is 0.393 e. The second kappa shape index (κ2) is 9.37. The maximum Gasteiger partial charge on any atom is 0.0779 e. The quantitative estimate of drug-likeness (QED) is 0.474. The zero-order valence-electron chi connectivity index (χ0n) is 9.12. The van der Waals surface area contributed by atoms with Crippen LogP contribution in [0.25, 0.3) is 0 Å². The molecule has 0 bridgehead atoms. The molecule has 0 saturated heterocycles. The molecular formula is C10H21NO2S. The molecule has 14 heavy (non-hydrogen) atoms. The third-order valence-corrected chi connectivity index (χ3v) is 2.27. The maximum absolute atomic E-state index is 5.44. The lowest BCUT2D eigenvalue weighted by molar-refractivity contribution is 0.0416. The summed E-state index contributed by atoms with van der Waals surface area (Å²) in [5, 5.41) is 0. The Balaban J connectivity index is 3.09. The smallest absolute Gasteiger partial charge is 0.0779 e. The van der Waals surface area contributed by atoms with Crippen LogP contribution in [0.2, 0.25) is 0 Å². The topological polar surface area (TPSA) is 44.5 Å². The molecule has 0 aliphatic rings. The van der Waals surface area contributed by atoms with Crippen molar-refractivity contribution in [3.8, 4) is 0 Å². The Bertz CT molecular complexity index is 153. The van der Waals surface area contributed by atoms with Gasteiger partial charge in [-0.3, -0.25) is 0 Å². The number of hydrogen-bond acceptors (Lipinski definition) is 3. The highest BCUT2D eigenvalue weighted by molar-refractivity contribution is 7.80. The molecule has 4 heteroatoms. The van der Waals surface area contributed by atoms with Gasteiger partial charge < -0.3 is 15.2 Å². The molecule has 0 heterocycles. The van der Waals surface area contributed by atoms with Gasteiger partial charge in [-0.1, -0.05) is 32.5 Å². The second-order valence-electron chi connectivity index (χ2n) is 3.34. The van der Waals surface area contributed by atoms with Gasteiger partial charge in [0.25, 0.3) is 0 Å². The van der Waals surface area contributed by atoms with Crippen molar-refractivity contribution in [2.75, 3.05) is 26.4 Å². The van der Waals surface area contributed by atoms with Gasteiger partial charge in [-0.2, -0.15) is 0 Å². The van der Waals surface area contributed by atoms with Crippen molar-refractivity contribution in [2.45, 2.75) is 26.7 Å². The van der Waals surface area contributed by atoms with Crippen LogP contribution in [0.15, 0.2) is 0 Å². The van der Waals surface area contributed by atoms with Crippen LogP contribution in [0, 0.1) is 5.92 Å². The van der Waals surface area contributed by atoms with Crippen molar-refractivity contribution in [3.05, 3.63) is 0 Å². The summed E-state index contributed by atoms with van der Waals surface area (Å²) in [7, 11) is 0. The van der Waals surface area contributed by atoms with Crippen LogP contribution in [0.5, 0.6) is 0 Å². The summed E-state index contributed by atoms with van der Waals surface area (Å²) < 4.78 is 10.7. The fraction of sp³-hybridized carbons (Fsp3) is 0.900. The van der Waals surface area contributed by atoms with Crippen LogP contribution in [0.4, 0.5) is 0 Å². The van der Waals surface area contributed by atoms with E-state index in [-0.39, 0.29) is 5.92 Å². The molecule has 1 unspecified atom stereocenters. The highest BCUT2D eigenvalue weighted by atomic mass is 32.1. The summed E-state index contributed by atoms with van der Waals surface area (Å²) >= 11 is 4.82. The zero-order chi connectivity index (χ0) is 10.8. The normalized spacial score (nSPS) is 12.7. The van der Waals surface area contributed by atoms with E-state index < -0.39 is 0 Å². The molecule has 0 aliphatic heterocycles. The fourth-order valence-corrected chi connectivity index (χ4v) is 0.877. The Labute approximate surface area is 91.9 Å². The van der Waals surface area contributed by atoms with Crippen molar-refractivity contribution < 1.29 is 9.47 Å². The molecule has 3 nitrogen and oxygen atoms in total. The molecule has 0 aromatic rings. The Hall–Kier alpha value is -0.190. The minimum absolute atomic E-state index is 0.153. The minimum Gasteiger partial charge on any atom is -0.393 e. The van der Waals surface area contributed by atoms with E-state index in [0.29, 0.717) is 24.8 Å². The van der Waals surface area contributed by atoms with Crippen LogP contribution < -0.4 is 5.73 Å². The van der Waals surface area contributed by atoms with E-state index in [9.17, 15) is 0 Å². The molecule has 0 fully saturated rings. The standard InChI is InChI=1S/C10H21NO2S/c1-3-4-5-12-6-7-13-8-9(2)10(11)14/h9H,3-8H2,1-2H3,(H2,11,14). The number of unbranched alkanes of at least 4 members (excludes halogenated alkanes) is 1. The van der Waals surface area contributed by atoms with E-state index in [1.807, 2.05) is 6.92 Å². The highest BCUT2D eigenvalue weighted by Crippen LogP contribution is 1.96. The first-order chi connectivity index (χ1) is 6.68. The van der Waals surface area contributed by atoms with Crippen LogP contribution >= 0.6 is 12.2 Å². The van der Waals surface area contributed by atoms with E-state index in [1.54, 1.807) is 0 Å². The Morgan fingerprint density at radius 2 is 1.93 bits per heavy atom. The lowest BCUT2D eigenvalue weighted by Crippen LogP contribution is -2.23. The highest BCUT2D eigenvalue weighted by Gasteiger charge is 2.03. The number of thiocarbonyl (C=S) groups is 1. The van der Waals surface area contributed by atoms with Crippen LogP contribution in [0.3, 0.4) is 0 Å². The summed E-state index contributed by atoms with van der Waals surface area (Å²) in [6, 6.07) is 0. The molecule has 0 radical (unpaired) electrons. The van der Waals surface area contributed by atoms with Crippen LogP contribution in [-0.2, 0) is 9.47 Å². The molecular weight excluding hydrogens is 198 g/mol. The zero-order valence-corrected chi connectivity index (χ0v) is 9.94. The summed E-state index contributed by atoms with van der Waals surface area (Å²) in [5.74, 6) is 0.153. The predicted octanol–water partition coefficient (Wildman–Crippen LogP) is 1.74. The van der Waals surface area contributed by atoms with Gasteiger partial charge in [-0.25, -0.2) is 0 Å². The van der Waals surface area contributed by atoms with Gasteiger partial charge in [0, 0.05) is 12.5 Å². The first-order valence-electron chi connectivity index (χ1n) is 5.13. The van der Waals surface area contributed by atoms with Crippen molar-refractivity contribution >= 4 is 17.2 Å². The van der Waals surface area contributed by atoms with Gasteiger partial charge in [0.1, 0.15) is 0 Å². The van der Waals surface area contributed by atoms with E-state index in [4.69, 9.17) is 27.4 Å². The van der Waals surface area contributed by atoms with E-state index in [0.717, 1.165) is 13.0 Å². The molecule has 0 saturated carbocycles. The molecule has 84 valence electrons. The molecule has 2 N–H and O–H groups in total. The predicted molar refractivity (Wildman–Crippen MR) is 62.5 cm³/mol. The number of nitrogens with two attached hydrogens (primary N) is 1. The van der Waals surface area contributed by atoms with Gasteiger partial charge in [0.2, 0.25) is 0 Å². The van der Waals surface area contributed by atoms with E-state index in [2.05, 4.69) is 6.92 Å². The van der Waals surface area contributed by atoms with Gasteiger partial charge in [0.05, 0.1) is 24.8 Å². The van der Waals surface area contributed by atoms with Crippen molar-refractivity contribution in [1.29, 1.82) is 0 Å². The Morgan fingerprint density at radius 1 is 1.29 bits per heavy atom. The number of rotatable bonds is 9. The molecule has 0 aromatic heterocycles. The van der Waals surface area contributed by atoms with Gasteiger partial charge in [-0.05, 0) is 6.42 Å². The number of ether oxygens (including phenoxy) is 2. The summed E-state index contributed by atoms with van der Waals surface area (Å²) in [6.45, 7) is 6.79. The van der Waals surface area contributed by atoms with Gasteiger partial charge in [-0.15, -0.1) is 0 Å². The first kappa shape index (κ1) is 13.8. The fourth-order valence-electron chi connectivity index (χ4n) is 0.809. The Morgan fingerprint density at radius 3 is 2.50 bits per heavy atom. The van der Waals surface area contributed by atoms with Crippen molar-refractivity contribution in [2.24, 2.45) is 11.7 Å². The molecule has 0 amide bonds. The van der Waals surface area contributed by atoms with Crippen LogP contribution in [-0.4, -0.2) is 31.4 Å². The lowest BCUT2D eigenvalue weighted by atomic mass is 10.2. The Kier molecular flexibility index (Phi) is 9.24. The average molecular weight is 219 g/mol. The van der Waals surface area contributed by atoms with E-state index >= 15 is 0 Å². The molecule has 1 atom stereocenters. The van der Waals surface area contributed by atoms with Crippen LogP contribution in [0.1, 0.15) is 26.7 Å². The average Bonchev–Trinajstić information content (AvgIpc) is 2.16. The summed E-state index contributed by atoms with van der Waals surface area (Å²) in [5.41, 5.74) is 5.44. The third-order valence-electron chi connectivity index (χ3n) is 1.87. The molecule has 0 spiro atoms. The third kappa shape index (κ3) is 8.41. The summed E-state index contributed by atoms with van der Waals surface area (Å²) in [4.78, 5) is 0.511. The SMILES string of the molecule is CCCCOCCOCC(C)C(N)=S. The first-order valence-corrected chi connectivity index (χ1v) is 5.54.